The topological polar surface area (TPSA) is 64.2 Å². The Kier molecular flexibility index (Phi) is 4.84. The van der Waals surface area contributed by atoms with Gasteiger partial charge in [-0.1, -0.05) is 18.2 Å². The number of carbonyl (C=O) groups excluding carboxylic acids is 1. The van der Waals surface area contributed by atoms with Gasteiger partial charge < -0.3 is 9.72 Å². The molecule has 0 radical (unpaired) electrons. The molecule has 134 valence electrons. The van der Waals surface area contributed by atoms with Crippen LogP contribution < -0.4 is 5.32 Å². The molecule has 0 fully saturated rings. The van der Waals surface area contributed by atoms with Gasteiger partial charge in [0, 0.05) is 34.7 Å². The maximum atomic E-state index is 12.1. The molecule has 0 spiro atoms. The van der Waals surface area contributed by atoms with Crippen molar-refractivity contribution in [2.75, 3.05) is 0 Å². The fourth-order valence-electron chi connectivity index (χ4n) is 2.66. The van der Waals surface area contributed by atoms with Crippen molar-refractivity contribution in [1.82, 2.24) is 24.5 Å². The summed E-state index contributed by atoms with van der Waals surface area (Å²) in [6.45, 7) is 0.367. The third-order valence-electron chi connectivity index (χ3n) is 3.96. The van der Waals surface area contributed by atoms with E-state index in [0.717, 1.165) is 27.1 Å². The van der Waals surface area contributed by atoms with Gasteiger partial charge >= 0.3 is 0 Å². The predicted molar refractivity (Wildman–Crippen MR) is 107 cm³/mol. The molecular weight excluding hydrogens is 406 g/mol. The lowest BCUT2D eigenvalue weighted by Crippen LogP contribution is -2.20. The Bertz CT molecular complexity index is 1110. The number of rotatable bonds is 5. The van der Waals surface area contributed by atoms with Crippen LogP contribution in [0, 0.1) is 0 Å². The lowest BCUT2D eigenvalue weighted by molar-refractivity contribution is -0.116. The van der Waals surface area contributed by atoms with Gasteiger partial charge in [0.25, 0.3) is 0 Å². The van der Waals surface area contributed by atoms with Crippen molar-refractivity contribution in [3.63, 3.8) is 0 Å². The van der Waals surface area contributed by atoms with Crippen LogP contribution in [0.4, 0.5) is 0 Å². The molecule has 0 saturated heterocycles. The third-order valence-corrected chi connectivity index (χ3v) is 4.43. The van der Waals surface area contributed by atoms with Crippen molar-refractivity contribution in [1.29, 1.82) is 0 Å². The van der Waals surface area contributed by atoms with Crippen molar-refractivity contribution < 1.29 is 4.79 Å². The second-order valence-corrected chi connectivity index (χ2v) is 6.87. The van der Waals surface area contributed by atoms with E-state index in [9.17, 15) is 4.79 Å². The second-order valence-electron chi connectivity index (χ2n) is 5.95. The van der Waals surface area contributed by atoms with E-state index >= 15 is 0 Å². The highest BCUT2D eigenvalue weighted by atomic mass is 79.9. The zero-order valence-electron chi connectivity index (χ0n) is 14.3. The van der Waals surface area contributed by atoms with Crippen molar-refractivity contribution in [3.8, 4) is 5.69 Å². The van der Waals surface area contributed by atoms with Crippen LogP contribution in [-0.2, 0) is 11.3 Å². The summed E-state index contributed by atoms with van der Waals surface area (Å²) in [6.07, 6.45) is 10.7. The number of para-hydroxylation sites is 1. The third kappa shape index (κ3) is 4.15. The zero-order valence-corrected chi connectivity index (χ0v) is 15.9. The average Bonchev–Trinajstić information content (AvgIpc) is 3.32. The Morgan fingerprint density at radius 3 is 2.81 bits per heavy atom. The average molecular weight is 422 g/mol. The summed E-state index contributed by atoms with van der Waals surface area (Å²) in [5, 5.41) is 7.15. The Hall–Kier alpha value is -3.19. The number of hydrogen-bond donors (Lipinski definition) is 1. The molecule has 0 aliphatic heterocycles. The van der Waals surface area contributed by atoms with Crippen molar-refractivity contribution in [2.24, 2.45) is 0 Å². The molecule has 1 aromatic carbocycles. The molecule has 0 aliphatic carbocycles. The number of hydrogen-bond acceptors (Lipinski definition) is 3. The van der Waals surface area contributed by atoms with E-state index in [2.05, 4.69) is 31.3 Å². The zero-order chi connectivity index (χ0) is 18.6. The quantitative estimate of drug-likeness (QED) is 0.500. The first-order chi connectivity index (χ1) is 13.2. The standard InChI is InChI=1S/C20H16BrN5O/c21-16-7-8-19-24-17(14-25(19)13-16)11-22-20(27)9-6-15-10-23-26(12-15)18-4-2-1-3-5-18/h1-10,12-14H,11H2,(H,22,27). The molecule has 1 N–H and O–H groups in total. The lowest BCUT2D eigenvalue weighted by atomic mass is 10.3. The molecule has 3 aromatic heterocycles. The number of benzene rings is 1. The van der Waals surface area contributed by atoms with Crippen LogP contribution in [0.5, 0.6) is 0 Å². The Morgan fingerprint density at radius 1 is 1.11 bits per heavy atom. The summed E-state index contributed by atoms with van der Waals surface area (Å²) < 4.78 is 4.66. The van der Waals surface area contributed by atoms with Crippen LogP contribution >= 0.6 is 15.9 Å². The number of halogens is 1. The molecule has 0 unspecified atom stereocenters. The lowest BCUT2D eigenvalue weighted by Gasteiger charge is -1.98. The minimum atomic E-state index is -0.180. The Balaban J connectivity index is 1.36. The molecule has 0 saturated carbocycles. The van der Waals surface area contributed by atoms with Gasteiger partial charge in [-0.2, -0.15) is 5.10 Å². The molecule has 4 rings (SSSR count). The number of nitrogens with zero attached hydrogens (tertiary/aromatic N) is 4. The van der Waals surface area contributed by atoms with Crippen LogP contribution in [0.15, 0.2) is 77.8 Å². The van der Waals surface area contributed by atoms with Gasteiger partial charge in [-0.25, -0.2) is 9.67 Å². The maximum absolute atomic E-state index is 12.1. The summed E-state index contributed by atoms with van der Waals surface area (Å²) in [5.74, 6) is -0.180. The van der Waals surface area contributed by atoms with Gasteiger partial charge in [0.05, 0.1) is 24.1 Å². The van der Waals surface area contributed by atoms with E-state index in [0.29, 0.717) is 6.54 Å². The summed E-state index contributed by atoms with van der Waals surface area (Å²) in [7, 11) is 0. The molecule has 6 nitrogen and oxygen atoms in total. The summed E-state index contributed by atoms with van der Waals surface area (Å²) in [5.41, 5.74) is 3.46. The minimum absolute atomic E-state index is 0.180. The first-order valence-corrected chi connectivity index (χ1v) is 9.16. The van der Waals surface area contributed by atoms with E-state index in [1.165, 1.54) is 6.08 Å². The summed E-state index contributed by atoms with van der Waals surface area (Å²) >= 11 is 3.43. The summed E-state index contributed by atoms with van der Waals surface area (Å²) in [6, 6.07) is 13.7. The Labute approximate surface area is 164 Å². The first kappa shape index (κ1) is 17.2. The van der Waals surface area contributed by atoms with E-state index in [4.69, 9.17) is 0 Å². The number of pyridine rings is 1. The number of fused-ring (bicyclic) bond motifs is 1. The van der Waals surface area contributed by atoms with Crippen LogP contribution in [0.2, 0.25) is 0 Å². The Morgan fingerprint density at radius 2 is 1.96 bits per heavy atom. The fourth-order valence-corrected chi connectivity index (χ4v) is 3.01. The van der Waals surface area contributed by atoms with Crippen LogP contribution in [-0.4, -0.2) is 25.1 Å². The van der Waals surface area contributed by atoms with E-state index in [1.54, 1.807) is 17.0 Å². The smallest absolute Gasteiger partial charge is 0.244 e. The highest BCUT2D eigenvalue weighted by Gasteiger charge is 2.04. The van der Waals surface area contributed by atoms with E-state index in [1.807, 2.05) is 65.5 Å². The van der Waals surface area contributed by atoms with Gasteiger partial charge in [-0.15, -0.1) is 0 Å². The first-order valence-electron chi connectivity index (χ1n) is 8.36. The largest absolute Gasteiger partial charge is 0.347 e. The van der Waals surface area contributed by atoms with E-state index in [-0.39, 0.29) is 5.91 Å². The maximum Gasteiger partial charge on any atom is 0.244 e. The van der Waals surface area contributed by atoms with Crippen LogP contribution in [0.3, 0.4) is 0 Å². The number of nitrogens with one attached hydrogen (secondary N) is 1. The number of carbonyl (C=O) groups is 1. The molecular formula is C20H16BrN5O. The van der Waals surface area contributed by atoms with Gasteiger partial charge in [-0.3, -0.25) is 4.79 Å². The number of amides is 1. The SMILES string of the molecule is O=C(C=Cc1cnn(-c2ccccc2)c1)NCc1cn2cc(Br)ccc2n1. The minimum Gasteiger partial charge on any atom is -0.347 e. The molecule has 1 amide bonds. The molecule has 7 heteroatoms. The highest BCUT2D eigenvalue weighted by molar-refractivity contribution is 9.10. The molecule has 27 heavy (non-hydrogen) atoms. The van der Waals surface area contributed by atoms with Crippen molar-refractivity contribution >= 4 is 33.6 Å². The number of aromatic nitrogens is 4. The molecule has 0 bridgehead atoms. The molecule has 0 aliphatic rings. The second kappa shape index (κ2) is 7.59. The molecule has 0 atom stereocenters. The highest BCUT2D eigenvalue weighted by Crippen LogP contribution is 2.12. The van der Waals surface area contributed by atoms with E-state index < -0.39 is 0 Å². The molecule has 4 aromatic rings. The van der Waals surface area contributed by atoms with Gasteiger partial charge in [-0.05, 0) is 46.3 Å². The van der Waals surface area contributed by atoms with Gasteiger partial charge in [0.2, 0.25) is 5.91 Å². The van der Waals surface area contributed by atoms with Crippen molar-refractivity contribution in [2.45, 2.75) is 6.54 Å². The van der Waals surface area contributed by atoms with Crippen LogP contribution in [0.25, 0.3) is 17.4 Å². The molecule has 3 heterocycles. The predicted octanol–water partition coefficient (Wildman–Crippen LogP) is 3.61. The van der Waals surface area contributed by atoms with Gasteiger partial charge in [0.1, 0.15) is 5.65 Å². The van der Waals surface area contributed by atoms with Crippen LogP contribution in [0.1, 0.15) is 11.3 Å². The normalized spacial score (nSPS) is 11.3. The summed E-state index contributed by atoms with van der Waals surface area (Å²) in [4.78, 5) is 16.5. The fraction of sp³-hybridized carbons (Fsp3) is 0.0500. The number of imidazole rings is 1. The van der Waals surface area contributed by atoms with Gasteiger partial charge in [0.15, 0.2) is 0 Å². The van der Waals surface area contributed by atoms with Crippen molar-refractivity contribution in [3.05, 3.63) is 89.1 Å². The monoisotopic (exact) mass is 421 g/mol.